The number of aromatic nitrogens is 2. The van der Waals surface area contributed by atoms with Crippen molar-refractivity contribution in [2.24, 2.45) is 0 Å². The van der Waals surface area contributed by atoms with E-state index < -0.39 is 0 Å². The molecule has 1 aromatic heterocycles. The molecule has 3 rings (SSSR count). The van der Waals surface area contributed by atoms with Gasteiger partial charge in [-0.1, -0.05) is 0 Å². The average Bonchev–Trinajstić information content (AvgIpc) is 2.95. The molecule has 0 aliphatic carbocycles. The van der Waals surface area contributed by atoms with Gasteiger partial charge in [0.05, 0.1) is 5.56 Å². The summed E-state index contributed by atoms with van der Waals surface area (Å²) < 4.78 is 0.843. The number of anilines is 2. The van der Waals surface area contributed by atoms with Crippen molar-refractivity contribution in [2.45, 2.75) is 19.4 Å². The van der Waals surface area contributed by atoms with Gasteiger partial charge in [-0.25, -0.2) is 9.97 Å². The van der Waals surface area contributed by atoms with Crippen LogP contribution in [0.5, 0.6) is 0 Å². The zero-order chi connectivity index (χ0) is 15.5. The largest absolute Gasteiger partial charge is 0.369 e. The van der Waals surface area contributed by atoms with E-state index in [2.05, 4.69) is 42.2 Å². The summed E-state index contributed by atoms with van der Waals surface area (Å²) in [5.74, 6) is 0.875. The van der Waals surface area contributed by atoms with Gasteiger partial charge in [0.25, 0.3) is 0 Å². The summed E-state index contributed by atoms with van der Waals surface area (Å²) in [6.07, 6.45) is 2.64. The minimum Gasteiger partial charge on any atom is -0.369 e. The van der Waals surface area contributed by atoms with Gasteiger partial charge in [0.15, 0.2) is 0 Å². The molecule has 2 aromatic rings. The van der Waals surface area contributed by atoms with Crippen LogP contribution < -0.4 is 10.2 Å². The van der Waals surface area contributed by atoms with Crippen molar-refractivity contribution in [3.05, 3.63) is 46.3 Å². The van der Waals surface area contributed by atoms with Crippen LogP contribution in [0.15, 0.2) is 35.1 Å². The lowest BCUT2D eigenvalue weighted by Crippen LogP contribution is -2.26. The van der Waals surface area contributed by atoms with Crippen molar-refractivity contribution in [1.82, 2.24) is 9.97 Å². The fourth-order valence-corrected chi connectivity index (χ4v) is 3.10. The second-order valence-corrected chi connectivity index (χ2v) is 6.25. The molecule has 0 saturated carbocycles. The van der Waals surface area contributed by atoms with E-state index in [-0.39, 0.29) is 0 Å². The summed E-state index contributed by atoms with van der Waals surface area (Å²) in [4.78, 5) is 10.7. The quantitative estimate of drug-likeness (QED) is 0.913. The maximum Gasteiger partial charge on any atom is 0.129 e. The van der Waals surface area contributed by atoms with Crippen molar-refractivity contribution in [3.63, 3.8) is 0 Å². The molecule has 1 N–H and O–H groups in total. The minimum absolute atomic E-state index is 0.365. The molecule has 0 radical (unpaired) electrons. The van der Waals surface area contributed by atoms with Gasteiger partial charge in [-0.05, 0) is 47.5 Å². The molecule has 6 heteroatoms. The Morgan fingerprint density at radius 1 is 1.36 bits per heavy atom. The summed E-state index contributed by atoms with van der Waals surface area (Å²) in [7, 11) is 0. The van der Waals surface area contributed by atoms with Crippen LogP contribution in [-0.2, 0) is 0 Å². The third-order valence-electron chi connectivity index (χ3n) is 3.78. The van der Waals surface area contributed by atoms with Crippen LogP contribution in [0.2, 0.25) is 0 Å². The molecule has 1 aliphatic rings. The lowest BCUT2D eigenvalue weighted by atomic mass is 10.2. The van der Waals surface area contributed by atoms with Gasteiger partial charge >= 0.3 is 0 Å². The maximum atomic E-state index is 8.99. The smallest absolute Gasteiger partial charge is 0.129 e. The number of hydrogen-bond acceptors (Lipinski definition) is 5. The molecule has 0 bridgehead atoms. The van der Waals surface area contributed by atoms with Gasteiger partial charge in [0.1, 0.15) is 18.2 Å². The van der Waals surface area contributed by atoms with Crippen LogP contribution >= 0.6 is 15.9 Å². The Morgan fingerprint density at radius 2 is 2.23 bits per heavy atom. The first-order valence-corrected chi connectivity index (χ1v) is 7.95. The predicted octanol–water partition coefficient (Wildman–Crippen LogP) is 3.11. The second-order valence-electron chi connectivity index (χ2n) is 5.40. The number of hydrogen-bond donors (Lipinski definition) is 1. The van der Waals surface area contributed by atoms with E-state index in [0.717, 1.165) is 41.2 Å². The van der Waals surface area contributed by atoms with E-state index in [9.17, 15) is 0 Å². The first kappa shape index (κ1) is 14.8. The number of nitriles is 1. The molecule has 1 aromatic carbocycles. The Hall–Kier alpha value is -2.13. The number of nitrogens with zero attached hydrogens (tertiary/aromatic N) is 4. The van der Waals surface area contributed by atoms with E-state index in [1.54, 1.807) is 6.33 Å². The molecule has 1 atom stereocenters. The zero-order valence-electron chi connectivity index (χ0n) is 12.3. The van der Waals surface area contributed by atoms with E-state index in [1.807, 2.05) is 31.2 Å². The topological polar surface area (TPSA) is 64.8 Å². The van der Waals surface area contributed by atoms with Crippen molar-refractivity contribution >= 4 is 27.4 Å². The SMILES string of the molecule is Cc1cc(NC2CCN(c3ccc(C#N)c(Br)c3)C2)ncn1. The van der Waals surface area contributed by atoms with Gasteiger partial charge in [0, 0.05) is 41.1 Å². The van der Waals surface area contributed by atoms with E-state index in [0.29, 0.717) is 11.6 Å². The first-order valence-electron chi connectivity index (χ1n) is 7.15. The molecule has 1 fully saturated rings. The van der Waals surface area contributed by atoms with E-state index in [4.69, 9.17) is 5.26 Å². The number of benzene rings is 1. The standard InChI is InChI=1S/C16H16BrN5/c1-11-6-16(20-10-19-11)21-13-4-5-22(9-13)14-3-2-12(8-18)15(17)7-14/h2-3,6-7,10,13H,4-5,9H2,1H3,(H,19,20,21). The molecular formula is C16H16BrN5. The Kier molecular flexibility index (Phi) is 4.25. The molecule has 0 amide bonds. The van der Waals surface area contributed by atoms with Crippen LogP contribution in [0.4, 0.5) is 11.5 Å². The van der Waals surface area contributed by atoms with Gasteiger partial charge in [0.2, 0.25) is 0 Å². The molecule has 0 spiro atoms. The molecule has 5 nitrogen and oxygen atoms in total. The van der Waals surface area contributed by atoms with Crippen LogP contribution in [-0.4, -0.2) is 29.1 Å². The molecule has 22 heavy (non-hydrogen) atoms. The highest BCUT2D eigenvalue weighted by molar-refractivity contribution is 9.10. The Labute approximate surface area is 138 Å². The van der Waals surface area contributed by atoms with E-state index in [1.165, 1.54) is 0 Å². The fourth-order valence-electron chi connectivity index (χ4n) is 2.65. The van der Waals surface area contributed by atoms with Crippen LogP contribution in [0.3, 0.4) is 0 Å². The Morgan fingerprint density at radius 3 is 2.95 bits per heavy atom. The highest BCUT2D eigenvalue weighted by Crippen LogP contribution is 2.27. The van der Waals surface area contributed by atoms with Crippen LogP contribution in [0.25, 0.3) is 0 Å². The number of rotatable bonds is 3. The summed E-state index contributed by atoms with van der Waals surface area (Å²) in [6, 6.07) is 10.4. The normalized spacial score (nSPS) is 17.3. The highest BCUT2D eigenvalue weighted by atomic mass is 79.9. The average molecular weight is 358 g/mol. The van der Waals surface area contributed by atoms with Gasteiger partial charge < -0.3 is 10.2 Å². The predicted molar refractivity (Wildman–Crippen MR) is 89.9 cm³/mol. The molecular weight excluding hydrogens is 342 g/mol. The number of aryl methyl sites for hydroxylation is 1. The van der Waals surface area contributed by atoms with Crippen LogP contribution in [0, 0.1) is 18.3 Å². The van der Waals surface area contributed by atoms with Gasteiger partial charge in [-0.2, -0.15) is 5.26 Å². The Bertz CT molecular complexity index is 725. The number of halogens is 1. The number of nitrogens with one attached hydrogen (secondary N) is 1. The van der Waals surface area contributed by atoms with Crippen molar-refractivity contribution in [1.29, 1.82) is 5.26 Å². The maximum absolute atomic E-state index is 8.99. The third-order valence-corrected chi connectivity index (χ3v) is 4.44. The van der Waals surface area contributed by atoms with Crippen LogP contribution in [0.1, 0.15) is 17.7 Å². The molecule has 2 heterocycles. The summed E-state index contributed by atoms with van der Waals surface area (Å²) >= 11 is 3.45. The minimum atomic E-state index is 0.365. The zero-order valence-corrected chi connectivity index (χ0v) is 13.8. The fraction of sp³-hybridized carbons (Fsp3) is 0.312. The monoisotopic (exact) mass is 357 g/mol. The van der Waals surface area contributed by atoms with E-state index >= 15 is 0 Å². The first-order chi connectivity index (χ1) is 10.7. The Balaban J connectivity index is 1.67. The molecule has 112 valence electrons. The van der Waals surface area contributed by atoms with Gasteiger partial charge in [-0.3, -0.25) is 0 Å². The van der Waals surface area contributed by atoms with Gasteiger partial charge in [-0.15, -0.1) is 0 Å². The lowest BCUT2D eigenvalue weighted by Gasteiger charge is -2.20. The third kappa shape index (κ3) is 3.20. The molecule has 1 saturated heterocycles. The van der Waals surface area contributed by atoms with Crippen molar-refractivity contribution < 1.29 is 0 Å². The summed E-state index contributed by atoms with van der Waals surface area (Å²) in [5, 5.41) is 12.4. The highest BCUT2D eigenvalue weighted by Gasteiger charge is 2.23. The lowest BCUT2D eigenvalue weighted by molar-refractivity contribution is 0.798. The summed E-state index contributed by atoms with van der Waals surface area (Å²) in [5.41, 5.74) is 2.76. The molecule has 1 unspecified atom stereocenters. The van der Waals surface area contributed by atoms with Crippen molar-refractivity contribution in [2.75, 3.05) is 23.3 Å². The summed E-state index contributed by atoms with van der Waals surface area (Å²) in [6.45, 7) is 3.86. The second kappa shape index (κ2) is 6.32. The molecule has 1 aliphatic heterocycles. The van der Waals surface area contributed by atoms with Crippen molar-refractivity contribution in [3.8, 4) is 6.07 Å².